The van der Waals surface area contributed by atoms with Gasteiger partial charge in [0.05, 0.1) is 6.33 Å². The van der Waals surface area contributed by atoms with E-state index in [1.807, 2.05) is 12.5 Å². The molecule has 2 heterocycles. The van der Waals surface area contributed by atoms with Gasteiger partial charge in [0.15, 0.2) is 0 Å². The number of para-hydroxylation sites is 1. The Morgan fingerprint density at radius 3 is 2.75 bits per heavy atom. The van der Waals surface area contributed by atoms with E-state index in [0.29, 0.717) is 5.92 Å². The van der Waals surface area contributed by atoms with Crippen LogP contribution in [0.5, 0.6) is 0 Å². The van der Waals surface area contributed by atoms with Crippen LogP contribution >= 0.6 is 0 Å². The molecule has 3 nitrogen and oxygen atoms in total. The number of aromatic nitrogens is 2. The molecule has 20 heavy (non-hydrogen) atoms. The van der Waals surface area contributed by atoms with Crippen LogP contribution in [0.1, 0.15) is 26.3 Å². The maximum atomic E-state index is 4.15. The lowest BCUT2D eigenvalue weighted by atomic mass is 9.89. The molecule has 0 bridgehead atoms. The summed E-state index contributed by atoms with van der Waals surface area (Å²) in [5.74, 6) is 0.637. The standard InChI is InChI=1S/C17H23N3/c1-17(2,3)20-12-14(11-19-9-8-18-13-19)10-15-6-4-5-7-16(15)20/h4-9,13-14H,10-12H2,1-3H3/t14-/m0/s1. The maximum Gasteiger partial charge on any atom is 0.0946 e. The van der Waals surface area contributed by atoms with Crippen molar-refractivity contribution >= 4 is 5.69 Å². The zero-order chi connectivity index (χ0) is 14.2. The second-order valence-electron chi connectivity index (χ2n) is 6.74. The molecular weight excluding hydrogens is 246 g/mol. The van der Waals surface area contributed by atoms with Crippen LogP contribution in [-0.4, -0.2) is 21.6 Å². The first-order valence-electron chi connectivity index (χ1n) is 7.35. The minimum Gasteiger partial charge on any atom is -0.366 e. The van der Waals surface area contributed by atoms with Crippen molar-refractivity contribution in [3.8, 4) is 0 Å². The molecule has 3 heteroatoms. The molecule has 0 saturated heterocycles. The third-order valence-corrected chi connectivity index (χ3v) is 4.07. The molecule has 0 spiro atoms. The lowest BCUT2D eigenvalue weighted by molar-refractivity contribution is 0.374. The molecule has 3 rings (SSSR count). The van der Waals surface area contributed by atoms with Gasteiger partial charge >= 0.3 is 0 Å². The van der Waals surface area contributed by atoms with Crippen molar-refractivity contribution in [2.24, 2.45) is 5.92 Å². The van der Waals surface area contributed by atoms with Crippen molar-refractivity contribution in [3.05, 3.63) is 48.5 Å². The largest absolute Gasteiger partial charge is 0.366 e. The van der Waals surface area contributed by atoms with Gasteiger partial charge in [0.25, 0.3) is 0 Å². The van der Waals surface area contributed by atoms with E-state index in [4.69, 9.17) is 0 Å². The van der Waals surface area contributed by atoms with Gasteiger partial charge in [0.2, 0.25) is 0 Å². The lowest BCUT2D eigenvalue weighted by Crippen LogP contribution is -2.48. The zero-order valence-corrected chi connectivity index (χ0v) is 12.6. The second-order valence-corrected chi connectivity index (χ2v) is 6.74. The van der Waals surface area contributed by atoms with Crippen molar-refractivity contribution in [2.45, 2.75) is 39.3 Å². The first kappa shape index (κ1) is 13.2. The second kappa shape index (κ2) is 4.97. The van der Waals surface area contributed by atoms with E-state index in [1.54, 1.807) is 0 Å². The quantitative estimate of drug-likeness (QED) is 0.833. The highest BCUT2D eigenvalue weighted by Gasteiger charge is 2.30. The normalized spacial score (nSPS) is 18.9. The maximum absolute atomic E-state index is 4.15. The Labute approximate surface area is 121 Å². The Hall–Kier alpha value is -1.77. The van der Waals surface area contributed by atoms with E-state index in [0.717, 1.165) is 19.5 Å². The molecule has 0 N–H and O–H groups in total. The monoisotopic (exact) mass is 269 g/mol. The molecule has 0 radical (unpaired) electrons. The predicted octanol–water partition coefficient (Wildman–Crippen LogP) is 3.36. The fourth-order valence-corrected chi connectivity index (χ4v) is 3.13. The van der Waals surface area contributed by atoms with E-state index in [9.17, 15) is 0 Å². The van der Waals surface area contributed by atoms with Crippen molar-refractivity contribution in [2.75, 3.05) is 11.4 Å². The molecule has 1 aliphatic rings. The van der Waals surface area contributed by atoms with Crippen molar-refractivity contribution in [3.63, 3.8) is 0 Å². The summed E-state index contributed by atoms with van der Waals surface area (Å²) in [6.07, 6.45) is 6.99. The average Bonchev–Trinajstić information content (AvgIpc) is 2.89. The fourth-order valence-electron chi connectivity index (χ4n) is 3.13. The summed E-state index contributed by atoms with van der Waals surface area (Å²) in [5.41, 5.74) is 3.03. The Morgan fingerprint density at radius 2 is 2.05 bits per heavy atom. The summed E-state index contributed by atoms with van der Waals surface area (Å²) in [6.45, 7) is 9.04. The van der Waals surface area contributed by atoms with E-state index in [1.165, 1.54) is 11.3 Å². The molecule has 1 aromatic carbocycles. The summed E-state index contributed by atoms with van der Waals surface area (Å²) in [5, 5.41) is 0. The molecule has 0 aliphatic carbocycles. The van der Waals surface area contributed by atoms with Gasteiger partial charge in [-0.1, -0.05) is 18.2 Å². The highest BCUT2D eigenvalue weighted by molar-refractivity contribution is 5.57. The minimum atomic E-state index is 0.156. The van der Waals surface area contributed by atoms with Crippen LogP contribution in [0.2, 0.25) is 0 Å². The summed E-state index contributed by atoms with van der Waals surface area (Å²) in [4.78, 5) is 6.70. The van der Waals surface area contributed by atoms with E-state index in [-0.39, 0.29) is 5.54 Å². The third kappa shape index (κ3) is 2.58. The SMILES string of the molecule is CC(C)(C)N1C[C@H](Cn2ccnc2)Cc2ccccc21. The highest BCUT2D eigenvalue weighted by Crippen LogP contribution is 2.34. The third-order valence-electron chi connectivity index (χ3n) is 4.07. The summed E-state index contributed by atoms with van der Waals surface area (Å²) < 4.78 is 2.19. The number of fused-ring (bicyclic) bond motifs is 1. The van der Waals surface area contributed by atoms with Crippen molar-refractivity contribution in [1.82, 2.24) is 9.55 Å². The van der Waals surface area contributed by atoms with Crippen LogP contribution in [-0.2, 0) is 13.0 Å². The number of hydrogen-bond donors (Lipinski definition) is 0. The number of hydrogen-bond acceptors (Lipinski definition) is 2. The van der Waals surface area contributed by atoms with Crippen LogP contribution in [0, 0.1) is 5.92 Å². The van der Waals surface area contributed by atoms with Crippen molar-refractivity contribution in [1.29, 1.82) is 0 Å². The molecule has 0 amide bonds. The van der Waals surface area contributed by atoms with Crippen LogP contribution in [0.15, 0.2) is 43.0 Å². The fraction of sp³-hybridized carbons (Fsp3) is 0.471. The first-order valence-corrected chi connectivity index (χ1v) is 7.35. The molecule has 1 aromatic heterocycles. The van der Waals surface area contributed by atoms with Gasteiger partial charge in [-0.25, -0.2) is 4.98 Å². The molecule has 0 fully saturated rings. The van der Waals surface area contributed by atoms with Gasteiger partial charge in [-0.05, 0) is 44.7 Å². The van der Waals surface area contributed by atoms with Crippen LogP contribution in [0.3, 0.4) is 0 Å². The number of imidazole rings is 1. The van der Waals surface area contributed by atoms with Gasteiger partial charge in [0, 0.05) is 36.7 Å². The average molecular weight is 269 g/mol. The van der Waals surface area contributed by atoms with E-state index >= 15 is 0 Å². The number of anilines is 1. The Kier molecular flexibility index (Phi) is 3.28. The van der Waals surface area contributed by atoms with Gasteiger partial charge in [0.1, 0.15) is 0 Å². The summed E-state index contributed by atoms with van der Waals surface area (Å²) in [6, 6.07) is 8.83. The zero-order valence-electron chi connectivity index (χ0n) is 12.6. The lowest BCUT2D eigenvalue weighted by Gasteiger charge is -2.44. The topological polar surface area (TPSA) is 21.1 Å². The Bertz CT molecular complexity index is 566. The Morgan fingerprint density at radius 1 is 1.25 bits per heavy atom. The predicted molar refractivity (Wildman–Crippen MR) is 83.0 cm³/mol. The number of nitrogens with zero attached hydrogens (tertiary/aromatic N) is 3. The molecule has 1 aliphatic heterocycles. The number of benzene rings is 1. The van der Waals surface area contributed by atoms with Crippen LogP contribution in [0.25, 0.3) is 0 Å². The summed E-state index contributed by atoms with van der Waals surface area (Å²) in [7, 11) is 0. The molecule has 0 saturated carbocycles. The Balaban J connectivity index is 1.88. The van der Waals surface area contributed by atoms with Crippen LogP contribution < -0.4 is 4.90 Å². The molecular formula is C17H23N3. The van der Waals surface area contributed by atoms with Gasteiger partial charge in [-0.3, -0.25) is 0 Å². The number of rotatable bonds is 2. The molecule has 2 aromatic rings. The minimum absolute atomic E-state index is 0.156. The first-order chi connectivity index (χ1) is 9.54. The molecule has 106 valence electrons. The van der Waals surface area contributed by atoms with E-state index in [2.05, 4.69) is 65.7 Å². The highest BCUT2D eigenvalue weighted by atomic mass is 15.2. The van der Waals surface area contributed by atoms with Gasteiger partial charge in [-0.15, -0.1) is 0 Å². The van der Waals surface area contributed by atoms with Crippen molar-refractivity contribution < 1.29 is 0 Å². The molecule has 1 atom stereocenters. The van der Waals surface area contributed by atoms with Gasteiger partial charge in [-0.2, -0.15) is 0 Å². The van der Waals surface area contributed by atoms with Gasteiger partial charge < -0.3 is 9.47 Å². The smallest absolute Gasteiger partial charge is 0.0946 e. The summed E-state index contributed by atoms with van der Waals surface area (Å²) >= 11 is 0. The van der Waals surface area contributed by atoms with Crippen LogP contribution in [0.4, 0.5) is 5.69 Å². The van der Waals surface area contributed by atoms with E-state index < -0.39 is 0 Å². The molecule has 0 unspecified atom stereocenters.